The molecule has 0 aromatic heterocycles. The number of ether oxygens (including phenoxy) is 1. The number of hydrogen-bond donors (Lipinski definition) is 1. The molecular formula is C11H13NO2. The van der Waals surface area contributed by atoms with E-state index in [1.165, 1.54) is 0 Å². The maximum atomic E-state index is 10.7. The Bertz CT molecular complexity index is 317. The molecule has 0 unspecified atom stereocenters. The molecular weight excluding hydrogens is 178 g/mol. The van der Waals surface area contributed by atoms with E-state index in [0.717, 1.165) is 17.2 Å². The van der Waals surface area contributed by atoms with Gasteiger partial charge in [-0.05, 0) is 11.1 Å². The van der Waals surface area contributed by atoms with E-state index in [9.17, 15) is 4.79 Å². The van der Waals surface area contributed by atoms with Crippen LogP contribution in [0.4, 0.5) is 0 Å². The van der Waals surface area contributed by atoms with Gasteiger partial charge in [0.15, 0.2) is 0 Å². The molecule has 0 fully saturated rings. The van der Waals surface area contributed by atoms with Gasteiger partial charge in [-0.1, -0.05) is 30.8 Å². The van der Waals surface area contributed by atoms with E-state index in [0.29, 0.717) is 6.54 Å². The van der Waals surface area contributed by atoms with Gasteiger partial charge >= 0.3 is 5.97 Å². The van der Waals surface area contributed by atoms with Crippen molar-refractivity contribution in [3.63, 3.8) is 0 Å². The number of hydrogen-bond acceptors (Lipinski definition) is 3. The van der Waals surface area contributed by atoms with Crippen LogP contribution in [0, 0.1) is 0 Å². The summed E-state index contributed by atoms with van der Waals surface area (Å²) >= 11 is 0. The van der Waals surface area contributed by atoms with Crippen molar-refractivity contribution in [1.29, 1.82) is 0 Å². The third-order valence-electron chi connectivity index (χ3n) is 1.81. The first-order valence-corrected chi connectivity index (χ1v) is 4.33. The van der Waals surface area contributed by atoms with Crippen molar-refractivity contribution in [2.45, 2.75) is 13.2 Å². The summed E-state index contributed by atoms with van der Waals surface area (Å²) in [7, 11) is 0. The van der Waals surface area contributed by atoms with Crippen molar-refractivity contribution in [3.05, 3.63) is 48.0 Å². The number of nitrogens with two attached hydrogens (primary N) is 1. The summed E-state index contributed by atoms with van der Waals surface area (Å²) < 4.78 is 4.86. The molecule has 3 heteroatoms. The number of carbonyl (C=O) groups is 1. The summed E-state index contributed by atoms with van der Waals surface area (Å²) in [5, 5.41) is 0. The number of benzene rings is 1. The lowest BCUT2D eigenvalue weighted by molar-refractivity contribution is -0.138. The number of carbonyl (C=O) groups excluding carboxylic acids is 1. The van der Waals surface area contributed by atoms with Gasteiger partial charge < -0.3 is 10.5 Å². The Labute approximate surface area is 83.2 Å². The van der Waals surface area contributed by atoms with E-state index in [2.05, 4.69) is 6.58 Å². The quantitative estimate of drug-likeness (QED) is 0.577. The van der Waals surface area contributed by atoms with Crippen LogP contribution in [0.15, 0.2) is 36.9 Å². The Morgan fingerprint density at radius 2 is 1.93 bits per heavy atom. The maximum absolute atomic E-state index is 10.7. The monoisotopic (exact) mass is 191 g/mol. The molecule has 0 heterocycles. The standard InChI is InChI=1S/C11H13NO2/c1-2-11(13)14-8-10-5-3-9(7-12)4-6-10/h2-6H,1,7-8,12H2. The summed E-state index contributed by atoms with van der Waals surface area (Å²) in [5.41, 5.74) is 7.45. The Balaban J connectivity index is 2.51. The van der Waals surface area contributed by atoms with Gasteiger partial charge in [-0.15, -0.1) is 0 Å². The highest BCUT2D eigenvalue weighted by molar-refractivity contribution is 5.81. The Morgan fingerprint density at radius 3 is 2.43 bits per heavy atom. The van der Waals surface area contributed by atoms with Crippen molar-refractivity contribution in [2.75, 3.05) is 0 Å². The first kappa shape index (κ1) is 10.5. The minimum Gasteiger partial charge on any atom is -0.458 e. The van der Waals surface area contributed by atoms with E-state index < -0.39 is 5.97 Å². The fourth-order valence-electron chi connectivity index (χ4n) is 0.985. The number of rotatable bonds is 4. The average Bonchev–Trinajstić information content (AvgIpc) is 2.26. The summed E-state index contributed by atoms with van der Waals surface area (Å²) in [6, 6.07) is 7.60. The SMILES string of the molecule is C=CC(=O)OCc1ccc(CN)cc1. The van der Waals surface area contributed by atoms with Gasteiger partial charge in [0.1, 0.15) is 6.61 Å². The first-order valence-electron chi connectivity index (χ1n) is 4.33. The lowest BCUT2D eigenvalue weighted by Crippen LogP contribution is -2.01. The molecule has 1 aromatic rings. The van der Waals surface area contributed by atoms with E-state index in [-0.39, 0.29) is 6.61 Å². The lowest BCUT2D eigenvalue weighted by Gasteiger charge is -2.02. The highest BCUT2D eigenvalue weighted by atomic mass is 16.5. The molecule has 0 spiro atoms. The van der Waals surface area contributed by atoms with Crippen molar-refractivity contribution < 1.29 is 9.53 Å². The molecule has 0 saturated heterocycles. The second-order valence-corrected chi connectivity index (χ2v) is 2.83. The predicted molar refractivity (Wildman–Crippen MR) is 54.3 cm³/mol. The Morgan fingerprint density at radius 1 is 1.36 bits per heavy atom. The van der Waals surface area contributed by atoms with Gasteiger partial charge in [0.2, 0.25) is 0 Å². The summed E-state index contributed by atoms with van der Waals surface area (Å²) in [6.07, 6.45) is 1.15. The normalized spacial score (nSPS) is 9.50. The van der Waals surface area contributed by atoms with Crippen LogP contribution in [-0.4, -0.2) is 5.97 Å². The fourth-order valence-corrected chi connectivity index (χ4v) is 0.985. The highest BCUT2D eigenvalue weighted by Gasteiger charge is 1.97. The van der Waals surface area contributed by atoms with Crippen molar-refractivity contribution in [1.82, 2.24) is 0 Å². The van der Waals surface area contributed by atoms with Gasteiger partial charge in [0, 0.05) is 12.6 Å². The van der Waals surface area contributed by atoms with Crippen LogP contribution in [-0.2, 0) is 22.7 Å². The van der Waals surface area contributed by atoms with Gasteiger partial charge in [-0.3, -0.25) is 0 Å². The molecule has 14 heavy (non-hydrogen) atoms. The van der Waals surface area contributed by atoms with Crippen LogP contribution in [0.1, 0.15) is 11.1 Å². The third-order valence-corrected chi connectivity index (χ3v) is 1.81. The van der Waals surface area contributed by atoms with Crippen molar-refractivity contribution in [2.24, 2.45) is 5.73 Å². The molecule has 1 aromatic carbocycles. The average molecular weight is 191 g/mol. The molecule has 2 N–H and O–H groups in total. The molecule has 3 nitrogen and oxygen atoms in total. The molecule has 1 rings (SSSR count). The molecule has 0 saturated carbocycles. The van der Waals surface area contributed by atoms with Crippen LogP contribution in [0.3, 0.4) is 0 Å². The fraction of sp³-hybridized carbons (Fsp3) is 0.182. The Kier molecular flexibility index (Phi) is 3.88. The molecule has 0 aliphatic heterocycles. The zero-order valence-corrected chi connectivity index (χ0v) is 7.90. The minimum atomic E-state index is -0.409. The first-order chi connectivity index (χ1) is 6.76. The molecule has 74 valence electrons. The van der Waals surface area contributed by atoms with E-state index in [1.54, 1.807) is 0 Å². The van der Waals surface area contributed by atoms with Gasteiger partial charge in [0.05, 0.1) is 0 Å². The molecule has 0 amide bonds. The summed E-state index contributed by atoms with van der Waals surface area (Å²) in [4.78, 5) is 10.7. The van der Waals surface area contributed by atoms with E-state index in [1.807, 2.05) is 24.3 Å². The van der Waals surface area contributed by atoms with Gasteiger partial charge in [0.25, 0.3) is 0 Å². The lowest BCUT2D eigenvalue weighted by atomic mass is 10.1. The third kappa shape index (κ3) is 3.03. The van der Waals surface area contributed by atoms with Crippen molar-refractivity contribution >= 4 is 5.97 Å². The van der Waals surface area contributed by atoms with Crippen LogP contribution < -0.4 is 5.73 Å². The predicted octanol–water partition coefficient (Wildman–Crippen LogP) is 1.37. The molecule has 0 aliphatic carbocycles. The highest BCUT2D eigenvalue weighted by Crippen LogP contribution is 2.05. The van der Waals surface area contributed by atoms with Gasteiger partial charge in [-0.2, -0.15) is 0 Å². The van der Waals surface area contributed by atoms with E-state index in [4.69, 9.17) is 10.5 Å². The van der Waals surface area contributed by atoms with Crippen LogP contribution in [0.2, 0.25) is 0 Å². The Hall–Kier alpha value is -1.61. The molecule has 0 bridgehead atoms. The summed E-state index contributed by atoms with van der Waals surface area (Å²) in [6.45, 7) is 4.10. The van der Waals surface area contributed by atoms with Gasteiger partial charge in [-0.25, -0.2) is 4.79 Å². The zero-order chi connectivity index (χ0) is 10.4. The minimum absolute atomic E-state index is 0.274. The van der Waals surface area contributed by atoms with Crippen LogP contribution >= 0.6 is 0 Å². The number of esters is 1. The van der Waals surface area contributed by atoms with Crippen LogP contribution in [0.25, 0.3) is 0 Å². The molecule has 0 atom stereocenters. The van der Waals surface area contributed by atoms with E-state index >= 15 is 0 Å². The molecule has 0 radical (unpaired) electrons. The maximum Gasteiger partial charge on any atom is 0.330 e. The smallest absolute Gasteiger partial charge is 0.330 e. The largest absolute Gasteiger partial charge is 0.458 e. The summed E-state index contributed by atoms with van der Waals surface area (Å²) in [5.74, 6) is -0.409. The second kappa shape index (κ2) is 5.19. The molecule has 0 aliphatic rings. The van der Waals surface area contributed by atoms with Crippen molar-refractivity contribution in [3.8, 4) is 0 Å². The zero-order valence-electron chi connectivity index (χ0n) is 7.90. The second-order valence-electron chi connectivity index (χ2n) is 2.83. The van der Waals surface area contributed by atoms with Crippen LogP contribution in [0.5, 0.6) is 0 Å². The topological polar surface area (TPSA) is 52.3 Å².